The van der Waals surface area contributed by atoms with Crippen molar-refractivity contribution in [3.63, 3.8) is 0 Å². The van der Waals surface area contributed by atoms with Gasteiger partial charge in [-0.25, -0.2) is 14.0 Å². The number of benzene rings is 5. The van der Waals surface area contributed by atoms with Gasteiger partial charge >= 0.3 is 12.1 Å². The lowest BCUT2D eigenvalue weighted by Crippen LogP contribution is -2.47. The van der Waals surface area contributed by atoms with Gasteiger partial charge in [-0.15, -0.1) is 0 Å². The van der Waals surface area contributed by atoms with Gasteiger partial charge in [0, 0.05) is 97.6 Å². The van der Waals surface area contributed by atoms with E-state index in [2.05, 4.69) is 67.7 Å². The lowest BCUT2D eigenvalue weighted by molar-refractivity contribution is -0.130. The standard InChI is InChI=1S/C34H39FN4O3.C25H32N4O2.2CH4.2H2S/c1-24-4-9-26(10-5-24)27-11-13-28(14-12-27)33(41)36(2)30-19-21-39(23-30)34(42)37(3)31-18-20-38(22-31)32(40)17-8-25-6-15-29(35)16-7-25;1-18-4-6-19(7-5-18)20-8-10-21(11-9-20)24(30)27(2)23-13-15-29(17-23)25(31)28(3)22-12-14-26-16-22;;;;/h4-7,9-16,30-31H,8,17-23H2,1-3H3;4-11,22-23,26H,12-17H2,1-3H3;2*1H4;2*1H2/t30-,31?;22?,23-;;;;/m00..../s1. The maximum Gasteiger partial charge on any atom is 0.320 e. The molecule has 9 rings (SSSR count). The molecule has 4 saturated heterocycles. The molecule has 7 amide bonds. The summed E-state index contributed by atoms with van der Waals surface area (Å²) >= 11 is 0. The number of nitrogens with one attached hydrogen (secondary N) is 1. The van der Waals surface area contributed by atoms with Crippen molar-refractivity contribution in [3.8, 4) is 22.3 Å². The molecule has 1 N–H and O–H groups in total. The molecule has 0 aromatic heterocycles. The van der Waals surface area contributed by atoms with E-state index in [0.717, 1.165) is 66.6 Å². The number of likely N-dealkylation sites (tertiary alicyclic amines) is 3. The Morgan fingerprint density at radius 3 is 1.26 bits per heavy atom. The molecule has 0 aliphatic carbocycles. The van der Waals surface area contributed by atoms with E-state index in [1.807, 2.05) is 89.3 Å². The SMILES string of the molecule is C.C.Cc1ccc(-c2ccc(C(=O)N(C)[C@H]3CCN(C(=O)N(C)C4CCN(C(=O)CCc5ccc(F)cc5)C4)C3)cc2)cc1.Cc1ccc(-c2ccc(C(=O)N(C)[C@H]3CCN(C(=O)N(C)C4CCNC4)C3)cc2)cc1.S.S. The molecular formula is C61H83FN8O5S2. The van der Waals surface area contributed by atoms with Crippen molar-refractivity contribution >= 4 is 56.8 Å². The second kappa shape index (κ2) is 28.9. The third-order valence-electron chi connectivity index (χ3n) is 15.4. The van der Waals surface area contributed by atoms with Gasteiger partial charge in [0.1, 0.15) is 5.82 Å². The molecule has 77 heavy (non-hydrogen) atoms. The number of halogens is 1. The zero-order chi connectivity index (χ0) is 51.8. The first kappa shape index (κ1) is 63.2. The van der Waals surface area contributed by atoms with Crippen molar-refractivity contribution in [1.82, 2.24) is 39.6 Å². The van der Waals surface area contributed by atoms with E-state index in [-0.39, 0.29) is 102 Å². The van der Waals surface area contributed by atoms with Crippen LogP contribution in [0.25, 0.3) is 22.3 Å². The number of carbonyl (C=O) groups is 5. The highest BCUT2D eigenvalue weighted by Gasteiger charge is 2.38. The van der Waals surface area contributed by atoms with E-state index in [9.17, 15) is 28.4 Å². The summed E-state index contributed by atoms with van der Waals surface area (Å²) in [6, 6.07) is 38.6. The number of hydrogen-bond donors (Lipinski definition) is 1. The summed E-state index contributed by atoms with van der Waals surface area (Å²) < 4.78 is 13.1. The molecule has 5 aromatic rings. The van der Waals surface area contributed by atoms with E-state index < -0.39 is 0 Å². The van der Waals surface area contributed by atoms with E-state index in [4.69, 9.17) is 0 Å². The highest BCUT2D eigenvalue weighted by molar-refractivity contribution is 7.59. The van der Waals surface area contributed by atoms with Gasteiger partial charge in [-0.05, 0) is 117 Å². The zero-order valence-corrected chi connectivity index (χ0v) is 46.3. The van der Waals surface area contributed by atoms with Gasteiger partial charge in [-0.3, -0.25) is 14.4 Å². The molecule has 416 valence electrons. The van der Waals surface area contributed by atoms with Crippen LogP contribution in [0.3, 0.4) is 0 Å². The Kier molecular flexibility index (Phi) is 23.7. The van der Waals surface area contributed by atoms with E-state index in [0.29, 0.717) is 63.2 Å². The van der Waals surface area contributed by atoms with Crippen LogP contribution >= 0.6 is 27.0 Å². The second-order valence-corrected chi connectivity index (χ2v) is 20.3. The van der Waals surface area contributed by atoms with Gasteiger partial charge in [-0.2, -0.15) is 27.0 Å². The third kappa shape index (κ3) is 15.7. The molecule has 4 atom stereocenters. The number of likely N-dealkylation sites (N-methyl/N-ethyl adjacent to an activating group) is 4. The van der Waals surface area contributed by atoms with Crippen LogP contribution in [0.4, 0.5) is 14.0 Å². The van der Waals surface area contributed by atoms with Crippen molar-refractivity contribution in [3.05, 3.63) is 155 Å². The molecule has 0 bridgehead atoms. The topological polar surface area (TPSA) is 120 Å². The predicted molar refractivity (Wildman–Crippen MR) is 319 cm³/mol. The fourth-order valence-electron chi connectivity index (χ4n) is 10.4. The number of nitrogens with zero attached hydrogens (tertiary/aromatic N) is 7. The first-order chi connectivity index (χ1) is 35.1. The minimum absolute atomic E-state index is 0. The van der Waals surface area contributed by atoms with Crippen molar-refractivity contribution < 1.29 is 28.4 Å². The summed E-state index contributed by atoms with van der Waals surface area (Å²) in [5.74, 6) is -0.283. The summed E-state index contributed by atoms with van der Waals surface area (Å²) in [5.41, 5.74) is 9.09. The maximum atomic E-state index is 13.4. The highest BCUT2D eigenvalue weighted by Crippen LogP contribution is 2.26. The second-order valence-electron chi connectivity index (χ2n) is 20.3. The first-order valence-electron chi connectivity index (χ1n) is 25.8. The zero-order valence-electron chi connectivity index (χ0n) is 44.3. The third-order valence-corrected chi connectivity index (χ3v) is 15.4. The Morgan fingerprint density at radius 1 is 0.494 bits per heavy atom. The van der Waals surface area contributed by atoms with E-state index in [1.54, 1.807) is 33.9 Å². The van der Waals surface area contributed by atoms with Crippen molar-refractivity contribution in [2.45, 2.75) is 91.4 Å². The van der Waals surface area contributed by atoms with E-state index in [1.165, 1.54) is 23.3 Å². The molecule has 5 aromatic carbocycles. The monoisotopic (exact) mass is 1090 g/mol. The lowest BCUT2D eigenvalue weighted by atomic mass is 10.0. The fraction of sp³-hybridized carbons (Fsp3) is 0.426. The highest BCUT2D eigenvalue weighted by atomic mass is 32.1. The number of hydrogen-bond acceptors (Lipinski definition) is 6. The van der Waals surface area contributed by atoms with Gasteiger partial charge in [0.05, 0.1) is 18.1 Å². The summed E-state index contributed by atoms with van der Waals surface area (Å²) in [7, 11) is 7.35. The van der Waals surface area contributed by atoms with Crippen molar-refractivity contribution in [2.75, 3.05) is 80.5 Å². The van der Waals surface area contributed by atoms with Gasteiger partial charge < -0.3 is 39.6 Å². The Morgan fingerprint density at radius 2 is 0.857 bits per heavy atom. The molecule has 4 aliphatic heterocycles. The summed E-state index contributed by atoms with van der Waals surface area (Å²) in [4.78, 5) is 78.0. The van der Waals surface area contributed by atoms with Crippen LogP contribution in [0.15, 0.2) is 121 Å². The molecule has 0 saturated carbocycles. The molecule has 0 spiro atoms. The Hall–Kier alpha value is -6.36. The first-order valence-corrected chi connectivity index (χ1v) is 25.8. The normalized spacial score (nSPS) is 18.3. The molecule has 4 fully saturated rings. The molecule has 4 aliphatic rings. The molecule has 13 nitrogen and oxygen atoms in total. The Balaban J connectivity index is 0.000000329. The summed E-state index contributed by atoms with van der Waals surface area (Å²) in [6.07, 6.45) is 4.19. The Labute approximate surface area is 471 Å². The van der Waals surface area contributed by atoms with Crippen LogP contribution in [-0.2, 0) is 11.2 Å². The lowest BCUT2D eigenvalue weighted by Gasteiger charge is -2.30. The fourth-order valence-corrected chi connectivity index (χ4v) is 10.4. The summed E-state index contributed by atoms with van der Waals surface area (Å²) in [5, 5.41) is 3.31. The molecule has 4 heterocycles. The van der Waals surface area contributed by atoms with Crippen LogP contribution in [0.2, 0.25) is 0 Å². The number of amides is 7. The molecule has 0 radical (unpaired) electrons. The quantitative estimate of drug-likeness (QED) is 0.141. The van der Waals surface area contributed by atoms with Crippen LogP contribution in [0, 0.1) is 19.7 Å². The average Bonchev–Trinajstić information content (AvgIpc) is 4.29. The molecular weight excluding hydrogens is 1010 g/mol. The van der Waals surface area contributed by atoms with Crippen LogP contribution in [0.5, 0.6) is 0 Å². The predicted octanol–water partition coefficient (Wildman–Crippen LogP) is 9.95. The van der Waals surface area contributed by atoms with Crippen molar-refractivity contribution in [1.29, 1.82) is 0 Å². The molecule has 2 unspecified atom stereocenters. The van der Waals surface area contributed by atoms with Crippen LogP contribution in [-0.4, -0.2) is 169 Å². The van der Waals surface area contributed by atoms with Gasteiger partial charge in [0.2, 0.25) is 5.91 Å². The number of rotatable bonds is 11. The number of carbonyl (C=O) groups excluding carboxylic acids is 5. The minimum atomic E-state index is -0.286. The van der Waals surface area contributed by atoms with Crippen molar-refractivity contribution in [2.24, 2.45) is 0 Å². The number of aryl methyl sites for hydroxylation is 3. The van der Waals surface area contributed by atoms with Gasteiger partial charge in [0.15, 0.2) is 0 Å². The van der Waals surface area contributed by atoms with Crippen LogP contribution in [0.1, 0.15) is 84.4 Å². The summed E-state index contributed by atoms with van der Waals surface area (Å²) in [6.45, 7) is 9.44. The smallest absolute Gasteiger partial charge is 0.320 e. The van der Waals surface area contributed by atoms with E-state index >= 15 is 0 Å². The Bertz CT molecular complexity index is 2710. The maximum absolute atomic E-state index is 13.4. The minimum Gasteiger partial charge on any atom is -0.341 e. The number of urea groups is 2. The van der Waals surface area contributed by atoms with Gasteiger partial charge in [-0.1, -0.05) is 111 Å². The van der Waals surface area contributed by atoms with Gasteiger partial charge in [0.25, 0.3) is 11.8 Å². The largest absolute Gasteiger partial charge is 0.341 e. The van der Waals surface area contributed by atoms with Crippen LogP contribution < -0.4 is 5.32 Å². The average molecular weight is 1090 g/mol. The molecule has 16 heteroatoms.